The maximum absolute atomic E-state index is 13.3. The molecule has 4 rings (SSSR count). The molecular formula is C21H23N5O4. The third-order valence-electron chi connectivity index (χ3n) is 5.14. The van der Waals surface area contributed by atoms with Gasteiger partial charge in [-0.2, -0.15) is 5.10 Å². The van der Waals surface area contributed by atoms with Crippen molar-refractivity contribution in [1.29, 1.82) is 0 Å². The first kappa shape index (κ1) is 19.7. The lowest BCUT2D eigenvalue weighted by Gasteiger charge is -2.28. The van der Waals surface area contributed by atoms with Gasteiger partial charge in [-0.15, -0.1) is 0 Å². The van der Waals surface area contributed by atoms with E-state index in [-0.39, 0.29) is 12.5 Å². The number of nitrogens with zero attached hydrogens (tertiary/aromatic N) is 5. The maximum Gasteiger partial charge on any atom is 0.258 e. The second kappa shape index (κ2) is 8.40. The van der Waals surface area contributed by atoms with Gasteiger partial charge >= 0.3 is 0 Å². The van der Waals surface area contributed by atoms with E-state index in [0.717, 1.165) is 17.0 Å². The van der Waals surface area contributed by atoms with E-state index in [0.29, 0.717) is 42.5 Å². The van der Waals surface area contributed by atoms with Gasteiger partial charge in [0.25, 0.3) is 5.91 Å². The standard InChI is InChI=1S/C21H23N5O4/c1-25-17-7-10-26(21(27)14-5-4-6-18(28-2)20(14)29-3)12-15(17)16(24-25)13-30-19-11-22-8-9-23-19/h4-6,8-9,11H,7,10,12-13H2,1-3H3. The van der Waals surface area contributed by atoms with E-state index < -0.39 is 0 Å². The number of aryl methyl sites for hydroxylation is 1. The zero-order valence-corrected chi connectivity index (χ0v) is 17.2. The van der Waals surface area contributed by atoms with E-state index >= 15 is 0 Å². The quantitative estimate of drug-likeness (QED) is 0.615. The molecule has 1 aromatic carbocycles. The summed E-state index contributed by atoms with van der Waals surface area (Å²) in [6.45, 7) is 1.30. The normalized spacial score (nSPS) is 13.0. The Hall–Kier alpha value is -3.62. The van der Waals surface area contributed by atoms with Gasteiger partial charge in [-0.25, -0.2) is 4.98 Å². The van der Waals surface area contributed by atoms with E-state index in [9.17, 15) is 4.79 Å². The summed E-state index contributed by atoms with van der Waals surface area (Å²) in [5, 5.41) is 4.60. The van der Waals surface area contributed by atoms with Crippen molar-refractivity contribution in [3.63, 3.8) is 0 Å². The average molecular weight is 409 g/mol. The monoisotopic (exact) mass is 409 g/mol. The van der Waals surface area contributed by atoms with E-state index in [1.165, 1.54) is 7.11 Å². The molecule has 0 aliphatic carbocycles. The molecule has 0 saturated heterocycles. The van der Waals surface area contributed by atoms with Gasteiger partial charge in [0, 0.05) is 50.2 Å². The molecule has 3 heterocycles. The Labute approximate surface area is 174 Å². The van der Waals surface area contributed by atoms with Crippen LogP contribution in [0.1, 0.15) is 27.3 Å². The lowest BCUT2D eigenvalue weighted by atomic mass is 10.0. The van der Waals surface area contributed by atoms with E-state index in [4.69, 9.17) is 14.2 Å². The van der Waals surface area contributed by atoms with Crippen molar-refractivity contribution < 1.29 is 19.0 Å². The van der Waals surface area contributed by atoms with Crippen LogP contribution in [0.5, 0.6) is 17.4 Å². The Bertz CT molecular complexity index is 1050. The number of ether oxygens (including phenoxy) is 3. The highest BCUT2D eigenvalue weighted by Crippen LogP contribution is 2.33. The molecule has 9 nitrogen and oxygen atoms in total. The molecule has 0 atom stereocenters. The van der Waals surface area contributed by atoms with Gasteiger partial charge in [-0.3, -0.25) is 14.5 Å². The van der Waals surface area contributed by atoms with Gasteiger partial charge in [0.05, 0.1) is 26.0 Å². The zero-order chi connectivity index (χ0) is 21.1. The van der Waals surface area contributed by atoms with Crippen molar-refractivity contribution in [3.8, 4) is 17.4 Å². The molecular weight excluding hydrogens is 386 g/mol. The van der Waals surface area contributed by atoms with E-state index in [2.05, 4.69) is 15.1 Å². The SMILES string of the molecule is COc1cccc(C(=O)N2CCc3c(c(COc4cnccn4)nn3C)C2)c1OC. The first-order valence-electron chi connectivity index (χ1n) is 9.55. The van der Waals surface area contributed by atoms with E-state index in [1.807, 2.05) is 11.7 Å². The highest BCUT2D eigenvalue weighted by molar-refractivity contribution is 5.98. The second-order valence-electron chi connectivity index (χ2n) is 6.85. The number of amides is 1. The minimum absolute atomic E-state index is 0.110. The first-order chi connectivity index (χ1) is 14.6. The molecule has 156 valence electrons. The lowest BCUT2D eigenvalue weighted by molar-refractivity contribution is 0.0728. The lowest BCUT2D eigenvalue weighted by Crippen LogP contribution is -2.36. The highest BCUT2D eigenvalue weighted by Gasteiger charge is 2.29. The summed E-state index contributed by atoms with van der Waals surface area (Å²) < 4.78 is 18.4. The number of para-hydroxylation sites is 1. The van der Waals surface area contributed by atoms with Crippen molar-refractivity contribution in [3.05, 3.63) is 59.3 Å². The third-order valence-corrected chi connectivity index (χ3v) is 5.14. The maximum atomic E-state index is 13.3. The van der Waals surface area contributed by atoms with Crippen LogP contribution in [0.4, 0.5) is 0 Å². The Kier molecular flexibility index (Phi) is 5.51. The fraction of sp³-hybridized carbons (Fsp3) is 0.333. The van der Waals surface area contributed by atoms with Crippen molar-refractivity contribution in [2.45, 2.75) is 19.6 Å². The van der Waals surface area contributed by atoms with Crippen molar-refractivity contribution in [1.82, 2.24) is 24.6 Å². The van der Waals surface area contributed by atoms with Gasteiger partial charge < -0.3 is 19.1 Å². The molecule has 9 heteroatoms. The summed E-state index contributed by atoms with van der Waals surface area (Å²) in [7, 11) is 5.00. The van der Waals surface area contributed by atoms with Crippen LogP contribution in [0.2, 0.25) is 0 Å². The molecule has 0 fully saturated rings. The van der Waals surface area contributed by atoms with Crippen LogP contribution < -0.4 is 14.2 Å². The van der Waals surface area contributed by atoms with Gasteiger partial charge in [0.15, 0.2) is 11.5 Å². The molecule has 1 aliphatic rings. The van der Waals surface area contributed by atoms with Crippen LogP contribution in [-0.2, 0) is 26.6 Å². The number of hydrogen-bond acceptors (Lipinski definition) is 7. The Morgan fingerprint density at radius 3 is 2.80 bits per heavy atom. The average Bonchev–Trinajstić information content (AvgIpc) is 3.12. The molecule has 1 amide bonds. The molecule has 0 saturated carbocycles. The molecule has 3 aromatic rings. The molecule has 0 N–H and O–H groups in total. The predicted octanol–water partition coefficient (Wildman–Crippen LogP) is 2.00. The Balaban J connectivity index is 1.57. The topological polar surface area (TPSA) is 91.6 Å². The fourth-order valence-electron chi connectivity index (χ4n) is 3.69. The van der Waals surface area contributed by atoms with Crippen LogP contribution in [0.3, 0.4) is 0 Å². The number of carbonyl (C=O) groups excluding carboxylic acids is 1. The number of methoxy groups -OCH3 is 2. The first-order valence-corrected chi connectivity index (χ1v) is 9.55. The number of hydrogen-bond donors (Lipinski definition) is 0. The summed E-state index contributed by atoms with van der Waals surface area (Å²) in [5.41, 5.74) is 3.37. The number of aromatic nitrogens is 4. The van der Waals surface area contributed by atoms with Gasteiger partial charge in [-0.1, -0.05) is 6.07 Å². The minimum Gasteiger partial charge on any atom is -0.493 e. The summed E-state index contributed by atoms with van der Waals surface area (Å²) in [4.78, 5) is 23.2. The predicted molar refractivity (Wildman–Crippen MR) is 108 cm³/mol. The van der Waals surface area contributed by atoms with Crippen molar-refractivity contribution in [2.24, 2.45) is 7.05 Å². The minimum atomic E-state index is -0.110. The second-order valence-corrected chi connectivity index (χ2v) is 6.85. The number of fused-ring (bicyclic) bond motifs is 1. The van der Waals surface area contributed by atoms with Crippen LogP contribution in [0, 0.1) is 0 Å². The molecule has 0 radical (unpaired) electrons. The number of benzene rings is 1. The van der Waals surface area contributed by atoms with Gasteiger partial charge in [0.2, 0.25) is 5.88 Å². The molecule has 1 aliphatic heterocycles. The van der Waals surface area contributed by atoms with Gasteiger partial charge in [0.1, 0.15) is 12.3 Å². The molecule has 0 spiro atoms. The van der Waals surface area contributed by atoms with Crippen LogP contribution in [0.25, 0.3) is 0 Å². The summed E-state index contributed by atoms with van der Waals surface area (Å²) >= 11 is 0. The van der Waals surface area contributed by atoms with Crippen molar-refractivity contribution in [2.75, 3.05) is 20.8 Å². The molecule has 30 heavy (non-hydrogen) atoms. The van der Waals surface area contributed by atoms with Gasteiger partial charge in [-0.05, 0) is 12.1 Å². The highest BCUT2D eigenvalue weighted by atomic mass is 16.5. The molecule has 0 unspecified atom stereocenters. The number of rotatable bonds is 6. The Morgan fingerprint density at radius 1 is 1.20 bits per heavy atom. The largest absolute Gasteiger partial charge is 0.493 e. The summed E-state index contributed by atoms with van der Waals surface area (Å²) in [6, 6.07) is 5.31. The van der Waals surface area contributed by atoms with Crippen LogP contribution in [0.15, 0.2) is 36.8 Å². The zero-order valence-electron chi connectivity index (χ0n) is 17.2. The summed E-state index contributed by atoms with van der Waals surface area (Å²) in [6.07, 6.45) is 5.43. The molecule has 0 bridgehead atoms. The summed E-state index contributed by atoms with van der Waals surface area (Å²) in [5.74, 6) is 1.29. The smallest absolute Gasteiger partial charge is 0.258 e. The van der Waals surface area contributed by atoms with Crippen LogP contribution >= 0.6 is 0 Å². The molecule has 2 aromatic heterocycles. The fourth-order valence-corrected chi connectivity index (χ4v) is 3.69. The van der Waals surface area contributed by atoms with Crippen LogP contribution in [-0.4, -0.2) is 51.3 Å². The third kappa shape index (κ3) is 3.66. The van der Waals surface area contributed by atoms with E-state index in [1.54, 1.807) is 48.8 Å². The Morgan fingerprint density at radius 2 is 2.07 bits per heavy atom. The van der Waals surface area contributed by atoms with Crippen molar-refractivity contribution >= 4 is 5.91 Å². The number of carbonyl (C=O) groups is 1.